The van der Waals surface area contributed by atoms with Crippen molar-refractivity contribution in [3.8, 4) is 0 Å². The van der Waals surface area contributed by atoms with Gasteiger partial charge in [0.2, 0.25) is 0 Å². The molecule has 0 aliphatic heterocycles. The van der Waals surface area contributed by atoms with Gasteiger partial charge in [-0.25, -0.2) is 0 Å². The highest BCUT2D eigenvalue weighted by Gasteiger charge is 2.10. The number of pyridine rings is 2. The van der Waals surface area contributed by atoms with Gasteiger partial charge < -0.3 is 10.6 Å². The molecule has 0 aromatic carbocycles. The molecule has 0 spiro atoms. The first kappa shape index (κ1) is 15.0. The fraction of sp³-hybridized carbons (Fsp3) is 0.312. The SMILES string of the molecule is CCCNc1ccncc1C(=O)NCCc1ccncc1. The zero-order valence-corrected chi connectivity index (χ0v) is 12.2. The van der Waals surface area contributed by atoms with Crippen LogP contribution in [0.4, 0.5) is 5.69 Å². The minimum absolute atomic E-state index is 0.101. The standard InChI is InChI=1S/C16H20N4O/c1-2-7-19-15-6-10-18-12-14(15)16(21)20-11-5-13-3-8-17-9-4-13/h3-4,6,8-10,12H,2,5,7,11H2,1H3,(H,18,19)(H,20,21). The molecule has 0 unspecified atom stereocenters. The molecule has 110 valence electrons. The minimum Gasteiger partial charge on any atom is -0.384 e. The molecule has 1 amide bonds. The third-order valence-corrected chi connectivity index (χ3v) is 3.08. The Morgan fingerprint density at radius 3 is 2.62 bits per heavy atom. The zero-order valence-electron chi connectivity index (χ0n) is 12.2. The Balaban J connectivity index is 1.91. The van der Waals surface area contributed by atoms with E-state index in [9.17, 15) is 4.79 Å². The molecule has 2 aromatic heterocycles. The predicted molar refractivity (Wildman–Crippen MR) is 83.3 cm³/mol. The molecule has 0 aliphatic carbocycles. The lowest BCUT2D eigenvalue weighted by Crippen LogP contribution is -2.26. The highest BCUT2D eigenvalue weighted by Crippen LogP contribution is 2.13. The number of nitrogens with zero attached hydrogens (tertiary/aromatic N) is 2. The van der Waals surface area contributed by atoms with Gasteiger partial charge in [0.05, 0.1) is 11.3 Å². The van der Waals surface area contributed by atoms with E-state index >= 15 is 0 Å². The molecule has 2 aromatic rings. The van der Waals surface area contributed by atoms with Gasteiger partial charge in [-0.15, -0.1) is 0 Å². The van der Waals surface area contributed by atoms with Crippen LogP contribution in [0.15, 0.2) is 43.0 Å². The molecule has 0 aliphatic rings. The summed E-state index contributed by atoms with van der Waals surface area (Å²) in [5.41, 5.74) is 2.56. The second kappa shape index (κ2) is 7.99. The lowest BCUT2D eigenvalue weighted by atomic mass is 10.2. The number of amides is 1. The number of nitrogens with one attached hydrogen (secondary N) is 2. The molecule has 0 atom stereocenters. The van der Waals surface area contributed by atoms with Crippen molar-refractivity contribution < 1.29 is 4.79 Å². The largest absolute Gasteiger partial charge is 0.384 e. The van der Waals surface area contributed by atoms with E-state index in [0.717, 1.165) is 30.6 Å². The number of aromatic nitrogens is 2. The van der Waals surface area contributed by atoms with Crippen LogP contribution in [0.2, 0.25) is 0 Å². The number of hydrogen-bond acceptors (Lipinski definition) is 4. The number of anilines is 1. The van der Waals surface area contributed by atoms with E-state index in [2.05, 4.69) is 27.5 Å². The fourth-order valence-corrected chi connectivity index (χ4v) is 1.95. The maximum atomic E-state index is 12.2. The van der Waals surface area contributed by atoms with Gasteiger partial charge in [-0.3, -0.25) is 14.8 Å². The molecule has 0 bridgehead atoms. The summed E-state index contributed by atoms with van der Waals surface area (Å²) in [5.74, 6) is -0.101. The van der Waals surface area contributed by atoms with Crippen molar-refractivity contribution in [2.24, 2.45) is 0 Å². The van der Waals surface area contributed by atoms with E-state index in [1.807, 2.05) is 18.2 Å². The van der Waals surface area contributed by atoms with Crippen LogP contribution >= 0.6 is 0 Å². The van der Waals surface area contributed by atoms with Gasteiger partial charge in [0.1, 0.15) is 0 Å². The third kappa shape index (κ3) is 4.56. The van der Waals surface area contributed by atoms with Crippen LogP contribution < -0.4 is 10.6 Å². The van der Waals surface area contributed by atoms with E-state index < -0.39 is 0 Å². The van der Waals surface area contributed by atoms with Crippen LogP contribution in [-0.2, 0) is 6.42 Å². The van der Waals surface area contributed by atoms with Gasteiger partial charge >= 0.3 is 0 Å². The molecule has 2 N–H and O–H groups in total. The first-order chi connectivity index (χ1) is 10.3. The molecule has 21 heavy (non-hydrogen) atoms. The fourth-order valence-electron chi connectivity index (χ4n) is 1.95. The van der Waals surface area contributed by atoms with E-state index in [1.54, 1.807) is 24.8 Å². The summed E-state index contributed by atoms with van der Waals surface area (Å²) in [6.45, 7) is 3.51. The molecule has 2 rings (SSSR count). The lowest BCUT2D eigenvalue weighted by molar-refractivity contribution is 0.0954. The second-order valence-electron chi connectivity index (χ2n) is 4.71. The molecule has 0 radical (unpaired) electrons. The van der Waals surface area contributed by atoms with Crippen molar-refractivity contribution in [1.82, 2.24) is 15.3 Å². The van der Waals surface area contributed by atoms with E-state index in [4.69, 9.17) is 0 Å². The molecular formula is C16H20N4O. The van der Waals surface area contributed by atoms with Crippen LogP contribution in [0.1, 0.15) is 29.3 Å². The van der Waals surface area contributed by atoms with Gasteiger partial charge in [0.25, 0.3) is 5.91 Å². The molecule has 0 fully saturated rings. The van der Waals surface area contributed by atoms with Crippen molar-refractivity contribution in [2.45, 2.75) is 19.8 Å². The highest BCUT2D eigenvalue weighted by molar-refractivity contribution is 5.99. The van der Waals surface area contributed by atoms with Crippen molar-refractivity contribution in [2.75, 3.05) is 18.4 Å². The summed E-state index contributed by atoms with van der Waals surface area (Å²) in [7, 11) is 0. The average molecular weight is 284 g/mol. The summed E-state index contributed by atoms with van der Waals surface area (Å²) in [5, 5.41) is 6.17. The summed E-state index contributed by atoms with van der Waals surface area (Å²) >= 11 is 0. The van der Waals surface area contributed by atoms with Gasteiger partial charge in [-0.05, 0) is 36.6 Å². The monoisotopic (exact) mass is 284 g/mol. The number of hydrogen-bond donors (Lipinski definition) is 2. The van der Waals surface area contributed by atoms with E-state index in [-0.39, 0.29) is 5.91 Å². The average Bonchev–Trinajstić information content (AvgIpc) is 2.54. The number of carbonyl (C=O) groups excluding carboxylic acids is 1. The van der Waals surface area contributed by atoms with Gasteiger partial charge in [-0.1, -0.05) is 6.92 Å². The Morgan fingerprint density at radius 2 is 1.86 bits per heavy atom. The third-order valence-electron chi connectivity index (χ3n) is 3.08. The Labute approximate surface area is 124 Å². The topological polar surface area (TPSA) is 66.9 Å². The quantitative estimate of drug-likeness (QED) is 0.818. The Hall–Kier alpha value is -2.43. The van der Waals surface area contributed by atoms with Crippen molar-refractivity contribution in [3.63, 3.8) is 0 Å². The van der Waals surface area contributed by atoms with Crippen LogP contribution in [-0.4, -0.2) is 29.0 Å². The van der Waals surface area contributed by atoms with Crippen molar-refractivity contribution in [1.29, 1.82) is 0 Å². The van der Waals surface area contributed by atoms with Gasteiger partial charge in [0.15, 0.2) is 0 Å². The number of rotatable bonds is 7. The Kier molecular flexibility index (Phi) is 5.70. The molecule has 5 heteroatoms. The van der Waals surface area contributed by atoms with E-state index in [0.29, 0.717) is 12.1 Å². The van der Waals surface area contributed by atoms with Crippen LogP contribution in [0, 0.1) is 0 Å². The van der Waals surface area contributed by atoms with E-state index in [1.165, 1.54) is 0 Å². The summed E-state index contributed by atoms with van der Waals surface area (Å²) < 4.78 is 0. The maximum Gasteiger partial charge on any atom is 0.254 e. The zero-order chi connectivity index (χ0) is 14.9. The molecule has 0 saturated heterocycles. The second-order valence-corrected chi connectivity index (χ2v) is 4.71. The molecule has 5 nitrogen and oxygen atoms in total. The van der Waals surface area contributed by atoms with Crippen LogP contribution in [0.25, 0.3) is 0 Å². The first-order valence-electron chi connectivity index (χ1n) is 7.16. The Morgan fingerprint density at radius 1 is 1.10 bits per heavy atom. The summed E-state index contributed by atoms with van der Waals surface area (Å²) in [6, 6.07) is 5.72. The maximum absolute atomic E-state index is 12.2. The first-order valence-corrected chi connectivity index (χ1v) is 7.16. The summed E-state index contributed by atoms with van der Waals surface area (Å²) in [4.78, 5) is 20.2. The van der Waals surface area contributed by atoms with Crippen LogP contribution in [0.5, 0.6) is 0 Å². The Bertz CT molecular complexity index is 571. The smallest absolute Gasteiger partial charge is 0.254 e. The highest BCUT2D eigenvalue weighted by atomic mass is 16.1. The molecule has 0 saturated carbocycles. The van der Waals surface area contributed by atoms with Gasteiger partial charge in [-0.2, -0.15) is 0 Å². The van der Waals surface area contributed by atoms with Crippen LogP contribution in [0.3, 0.4) is 0 Å². The molecule has 2 heterocycles. The predicted octanol–water partition coefficient (Wildman–Crippen LogP) is 2.27. The minimum atomic E-state index is -0.101. The normalized spacial score (nSPS) is 10.1. The van der Waals surface area contributed by atoms with Gasteiger partial charge in [0, 0.05) is 37.9 Å². The van der Waals surface area contributed by atoms with Crippen molar-refractivity contribution in [3.05, 3.63) is 54.1 Å². The number of carbonyl (C=O) groups is 1. The molecular weight excluding hydrogens is 264 g/mol. The lowest BCUT2D eigenvalue weighted by Gasteiger charge is -2.11. The van der Waals surface area contributed by atoms with Crippen molar-refractivity contribution >= 4 is 11.6 Å². The summed E-state index contributed by atoms with van der Waals surface area (Å²) in [6.07, 6.45) is 8.58.